The highest BCUT2D eigenvalue weighted by atomic mass is 35.5. The van der Waals surface area contributed by atoms with Crippen LogP contribution in [0, 0.1) is 6.92 Å². The Morgan fingerprint density at radius 2 is 0.823 bits per heavy atom. The first kappa shape index (κ1) is 68.5. The van der Waals surface area contributed by atoms with E-state index >= 15 is 0 Å². The van der Waals surface area contributed by atoms with E-state index in [4.69, 9.17) is 28.3 Å². The molecule has 0 saturated carbocycles. The van der Waals surface area contributed by atoms with Gasteiger partial charge in [-0.1, -0.05) is 114 Å². The number of hydrogen-bond donors (Lipinski definition) is 9. The minimum atomic E-state index is -0.158. The summed E-state index contributed by atoms with van der Waals surface area (Å²) >= 11 is 16.1. The van der Waals surface area contributed by atoms with Gasteiger partial charge >= 0.3 is 0 Å². The summed E-state index contributed by atoms with van der Waals surface area (Å²) in [4.78, 5) is 79.5. The fourth-order valence-electron chi connectivity index (χ4n) is 9.28. The third-order valence-electron chi connectivity index (χ3n) is 13.9. The molecule has 6 heterocycles. The smallest absolute Gasteiger partial charge is 0.261 e. The van der Waals surface area contributed by atoms with Crippen molar-refractivity contribution < 1.29 is 29.4 Å². The van der Waals surface area contributed by atoms with Crippen LogP contribution in [0.4, 0.5) is 34.9 Å². The molecule has 0 unspecified atom stereocenters. The van der Waals surface area contributed by atoms with Crippen molar-refractivity contribution in [3.05, 3.63) is 282 Å². The Bertz CT molecular complexity index is 4620. The second-order valence-corrected chi connectivity index (χ2v) is 25.3. The average molecular weight is 1370 g/mol. The molecule has 0 spiro atoms. The normalized spacial score (nSPS) is 10.6. The fraction of sp³-hybridized carbons (Fsp3) is 0.111. The van der Waals surface area contributed by atoms with Crippen molar-refractivity contribution in [2.45, 2.75) is 39.7 Å². The molecule has 96 heavy (non-hydrogen) atoms. The van der Waals surface area contributed by atoms with Crippen LogP contribution in [0.1, 0.15) is 72.8 Å². The van der Waals surface area contributed by atoms with Gasteiger partial charge < -0.3 is 47.4 Å². The van der Waals surface area contributed by atoms with Gasteiger partial charge in [0.25, 0.3) is 17.7 Å². The van der Waals surface area contributed by atoms with Crippen molar-refractivity contribution in [1.29, 1.82) is 0 Å². The van der Waals surface area contributed by atoms with Crippen molar-refractivity contribution in [2.24, 2.45) is 0 Å². The summed E-state index contributed by atoms with van der Waals surface area (Å²) in [6.07, 6.45) is 5.80. The number of aryl methyl sites for hydroxylation is 1. The Hall–Kier alpha value is -10.4. The van der Waals surface area contributed by atoms with Crippen LogP contribution in [0.2, 0.25) is 10.0 Å². The SMILES string of the molecule is Cc1cccc(CNC(=O)c2ccc(-c3ccnc(Nc4cccc(CO)c4)n3)s2)c1.O=C(NCc1cccc(Cl)c1)c1ccc(-c2ccnc(Nc3cccc(CNCCO)c3)n2)s1.O=Cc1cccc(Nc2nccc(-c3ccc(C(=O)NCc4cccc(Cl)c4)s3)n2)c1. The van der Waals surface area contributed by atoms with E-state index in [2.05, 4.69) is 73.2 Å². The number of anilines is 6. The molecule has 6 aromatic carbocycles. The summed E-state index contributed by atoms with van der Waals surface area (Å²) in [5.74, 6) is 0.918. The van der Waals surface area contributed by atoms with Crippen LogP contribution >= 0.6 is 57.2 Å². The first-order chi connectivity index (χ1) is 46.8. The molecule has 0 bridgehead atoms. The lowest BCUT2D eigenvalue weighted by molar-refractivity contribution is 0.0947. The van der Waals surface area contributed by atoms with Crippen molar-refractivity contribution >= 4 is 116 Å². The van der Waals surface area contributed by atoms with E-state index in [0.29, 0.717) is 92.2 Å². The molecule has 19 nitrogen and oxygen atoms in total. The third-order valence-corrected chi connectivity index (χ3v) is 17.7. The van der Waals surface area contributed by atoms with Crippen molar-refractivity contribution in [3.63, 3.8) is 0 Å². The number of aliphatic hydroxyl groups excluding tert-OH is 2. The van der Waals surface area contributed by atoms with Gasteiger partial charge in [-0.05, 0) is 150 Å². The summed E-state index contributed by atoms with van der Waals surface area (Å²) in [6.45, 7) is 4.61. The van der Waals surface area contributed by atoms with Gasteiger partial charge in [-0.3, -0.25) is 19.2 Å². The van der Waals surface area contributed by atoms with Crippen LogP contribution in [-0.4, -0.2) is 77.3 Å². The Morgan fingerprint density at radius 3 is 1.24 bits per heavy atom. The van der Waals surface area contributed by atoms with Gasteiger partial charge in [-0.15, -0.1) is 34.0 Å². The molecule has 0 saturated heterocycles. The van der Waals surface area contributed by atoms with E-state index in [-0.39, 0.29) is 30.9 Å². The lowest BCUT2D eigenvalue weighted by Crippen LogP contribution is -2.21. The second-order valence-electron chi connectivity index (χ2n) is 21.2. The molecule has 3 amide bonds. The van der Waals surface area contributed by atoms with Gasteiger partial charge in [0.15, 0.2) is 0 Å². The van der Waals surface area contributed by atoms with E-state index in [1.54, 1.807) is 67.1 Å². The Kier molecular flexibility index (Phi) is 24.7. The van der Waals surface area contributed by atoms with Crippen molar-refractivity contribution in [3.8, 4) is 31.7 Å². The minimum Gasteiger partial charge on any atom is -0.395 e. The number of thiophene rings is 3. The standard InChI is InChI=1S/C25H24ClN5O2S.C24H22N4O2S.C23H17ClN4O2S/c26-19-5-1-3-17(13-19)16-29-24(33)23-8-7-22(34-23)21-9-10-28-25(31-21)30-20-6-2-4-18(14-20)15-27-11-12-32;1-16-4-2-5-17(12-16)14-26-23(30)22-9-8-21(31-22)20-10-11-25-24(28-20)27-19-7-3-6-18(13-19)15-29;24-17-5-1-3-15(11-17)13-26-22(30)21-8-7-20(31-21)19-9-10-25-23(28-19)27-18-6-2-4-16(12-18)14-29/h1-10,13-14,27,32H,11-12,15-16H2,(H,29,33)(H,28,30,31);2-13,29H,14-15H2,1H3,(H,26,30)(H,25,27,28);1-12,14H,13H2,(H,26,30)(H,25,27,28). The third kappa shape index (κ3) is 20.6. The number of carbonyl (C=O) groups excluding carboxylic acids is 4. The predicted octanol–water partition coefficient (Wildman–Crippen LogP) is 14.6. The number of aliphatic hydroxyl groups is 2. The molecule has 9 N–H and O–H groups in total. The maximum absolute atomic E-state index is 12.6. The largest absolute Gasteiger partial charge is 0.395 e. The van der Waals surface area contributed by atoms with E-state index in [0.717, 1.165) is 71.5 Å². The number of benzene rings is 6. The molecule has 484 valence electrons. The summed E-state index contributed by atoms with van der Waals surface area (Å²) in [6, 6.07) is 61.7. The highest BCUT2D eigenvalue weighted by molar-refractivity contribution is 7.18. The Morgan fingerprint density at radius 1 is 0.438 bits per heavy atom. The number of rotatable bonds is 24. The molecule has 24 heteroatoms. The zero-order chi connectivity index (χ0) is 67.0. The molecule has 0 fully saturated rings. The van der Waals surface area contributed by atoms with E-state index in [1.807, 2.05) is 153 Å². The molecule has 0 aliphatic rings. The molecule has 6 aromatic heterocycles. The van der Waals surface area contributed by atoms with Crippen LogP contribution in [0.15, 0.2) is 219 Å². The summed E-state index contributed by atoms with van der Waals surface area (Å²) in [5, 5.41) is 40.9. The number of nitrogens with one attached hydrogen (secondary N) is 7. The molecule has 12 rings (SSSR count). The monoisotopic (exact) mass is 1370 g/mol. The van der Waals surface area contributed by atoms with Gasteiger partial charge in [-0.2, -0.15) is 0 Å². The average Bonchev–Trinajstić information content (AvgIpc) is 1.75. The van der Waals surface area contributed by atoms with E-state index in [9.17, 15) is 24.3 Å². The van der Waals surface area contributed by atoms with Gasteiger partial charge in [0, 0.05) is 84.0 Å². The summed E-state index contributed by atoms with van der Waals surface area (Å²) in [7, 11) is 0. The van der Waals surface area contributed by atoms with Gasteiger partial charge in [0.2, 0.25) is 17.8 Å². The van der Waals surface area contributed by atoms with E-state index < -0.39 is 0 Å². The molecule has 0 aliphatic carbocycles. The zero-order valence-electron chi connectivity index (χ0n) is 51.5. The fourth-order valence-corrected chi connectivity index (χ4v) is 12.4. The van der Waals surface area contributed by atoms with Crippen LogP contribution in [-0.2, 0) is 32.8 Å². The van der Waals surface area contributed by atoms with Crippen molar-refractivity contribution in [1.82, 2.24) is 51.2 Å². The lowest BCUT2D eigenvalue weighted by Gasteiger charge is -2.08. The van der Waals surface area contributed by atoms with Crippen LogP contribution in [0.5, 0.6) is 0 Å². The molecule has 0 aliphatic heterocycles. The number of aromatic nitrogens is 6. The topological polar surface area (TPSA) is 270 Å². The Balaban J connectivity index is 0.000000157. The van der Waals surface area contributed by atoms with Crippen LogP contribution < -0.4 is 37.2 Å². The van der Waals surface area contributed by atoms with Crippen molar-refractivity contribution in [2.75, 3.05) is 29.1 Å². The number of carbonyl (C=O) groups is 4. The summed E-state index contributed by atoms with van der Waals surface area (Å²) in [5.41, 5.74) is 11.1. The number of nitrogens with zero attached hydrogens (tertiary/aromatic N) is 6. The molecular weight excluding hydrogens is 1310 g/mol. The lowest BCUT2D eigenvalue weighted by atomic mass is 10.1. The van der Waals surface area contributed by atoms with Gasteiger partial charge in [0.05, 0.1) is 59.6 Å². The molecule has 12 aromatic rings. The molecule has 0 radical (unpaired) electrons. The van der Waals surface area contributed by atoms with E-state index in [1.165, 1.54) is 39.6 Å². The number of halogens is 2. The minimum absolute atomic E-state index is 0.0274. The quantitative estimate of drug-likeness (QED) is 0.0201. The number of aldehydes is 1. The Labute approximate surface area is 575 Å². The highest BCUT2D eigenvalue weighted by Gasteiger charge is 2.16. The number of amides is 3. The summed E-state index contributed by atoms with van der Waals surface area (Å²) < 4.78 is 0. The van der Waals surface area contributed by atoms with Gasteiger partial charge in [0.1, 0.15) is 6.29 Å². The highest BCUT2D eigenvalue weighted by Crippen LogP contribution is 2.31. The predicted molar refractivity (Wildman–Crippen MR) is 383 cm³/mol. The number of hydrogen-bond acceptors (Lipinski definition) is 19. The maximum atomic E-state index is 12.6. The second kappa shape index (κ2) is 34.7. The van der Waals surface area contributed by atoms with Gasteiger partial charge in [-0.25, -0.2) is 29.9 Å². The van der Waals surface area contributed by atoms with Crippen LogP contribution in [0.25, 0.3) is 31.7 Å². The first-order valence-corrected chi connectivity index (χ1v) is 33.2. The molecule has 0 atom stereocenters. The van der Waals surface area contributed by atoms with Crippen LogP contribution in [0.3, 0.4) is 0 Å². The maximum Gasteiger partial charge on any atom is 0.261 e. The zero-order valence-corrected chi connectivity index (χ0v) is 55.5. The first-order valence-electron chi connectivity index (χ1n) is 30.0. The molecular formula is C72H63Cl2N13O6S3.